The van der Waals surface area contributed by atoms with Gasteiger partial charge in [0, 0.05) is 18.1 Å². The van der Waals surface area contributed by atoms with Gasteiger partial charge in [0.2, 0.25) is 6.41 Å². The SMILES string of the molecule is CC(NC(=O)NCCCNC=O)Oc1ccc(Cl)cc1. The molecule has 1 atom stereocenters. The molecule has 1 unspecified atom stereocenters. The highest BCUT2D eigenvalue weighted by Gasteiger charge is 2.07. The van der Waals surface area contributed by atoms with Gasteiger partial charge in [0.25, 0.3) is 0 Å². The van der Waals surface area contributed by atoms with Crippen molar-refractivity contribution in [1.29, 1.82) is 0 Å². The highest BCUT2D eigenvalue weighted by molar-refractivity contribution is 6.30. The third-order valence-electron chi connectivity index (χ3n) is 2.33. The zero-order valence-electron chi connectivity index (χ0n) is 11.2. The maximum absolute atomic E-state index is 11.5. The molecule has 0 aromatic heterocycles. The molecule has 3 N–H and O–H groups in total. The van der Waals surface area contributed by atoms with Crippen LogP contribution in [0.5, 0.6) is 5.75 Å². The summed E-state index contributed by atoms with van der Waals surface area (Å²) in [4.78, 5) is 21.5. The Balaban J connectivity index is 2.20. The average molecular weight is 300 g/mol. The second-order valence-corrected chi connectivity index (χ2v) is 4.48. The van der Waals surface area contributed by atoms with Gasteiger partial charge in [0.05, 0.1) is 0 Å². The Morgan fingerprint density at radius 1 is 1.35 bits per heavy atom. The topological polar surface area (TPSA) is 79.5 Å². The molecule has 1 aromatic rings. The van der Waals surface area contributed by atoms with Crippen LogP contribution in [0.25, 0.3) is 0 Å². The first-order valence-corrected chi connectivity index (χ1v) is 6.63. The summed E-state index contributed by atoms with van der Waals surface area (Å²) in [6.45, 7) is 2.73. The van der Waals surface area contributed by atoms with Gasteiger partial charge < -0.3 is 20.7 Å². The first-order valence-electron chi connectivity index (χ1n) is 6.25. The molecule has 7 heteroatoms. The minimum absolute atomic E-state index is 0.322. The van der Waals surface area contributed by atoms with E-state index in [-0.39, 0.29) is 6.03 Å². The van der Waals surface area contributed by atoms with Crippen LogP contribution in [0.3, 0.4) is 0 Å². The fraction of sp³-hybridized carbons (Fsp3) is 0.385. The lowest BCUT2D eigenvalue weighted by molar-refractivity contribution is -0.109. The molecule has 0 heterocycles. The van der Waals surface area contributed by atoms with Crippen molar-refractivity contribution in [3.8, 4) is 5.75 Å². The summed E-state index contributed by atoms with van der Waals surface area (Å²) in [5.41, 5.74) is 0. The molecule has 20 heavy (non-hydrogen) atoms. The second-order valence-electron chi connectivity index (χ2n) is 4.04. The van der Waals surface area contributed by atoms with Crippen molar-refractivity contribution < 1.29 is 14.3 Å². The number of carbonyl (C=O) groups is 2. The number of benzene rings is 1. The van der Waals surface area contributed by atoms with Crippen molar-refractivity contribution in [2.75, 3.05) is 13.1 Å². The molecule has 1 rings (SSSR count). The van der Waals surface area contributed by atoms with Crippen LogP contribution in [0.15, 0.2) is 24.3 Å². The quantitative estimate of drug-likeness (QED) is 0.387. The summed E-state index contributed by atoms with van der Waals surface area (Å²) >= 11 is 5.76. The van der Waals surface area contributed by atoms with E-state index < -0.39 is 6.23 Å². The monoisotopic (exact) mass is 299 g/mol. The van der Waals surface area contributed by atoms with E-state index in [9.17, 15) is 9.59 Å². The number of rotatable bonds is 8. The fourth-order valence-electron chi connectivity index (χ4n) is 1.43. The van der Waals surface area contributed by atoms with E-state index >= 15 is 0 Å². The average Bonchev–Trinajstić information content (AvgIpc) is 2.41. The Morgan fingerprint density at radius 3 is 2.70 bits per heavy atom. The third kappa shape index (κ3) is 6.84. The maximum Gasteiger partial charge on any atom is 0.317 e. The van der Waals surface area contributed by atoms with Crippen molar-refractivity contribution in [3.05, 3.63) is 29.3 Å². The Kier molecular flexibility index (Phi) is 7.27. The van der Waals surface area contributed by atoms with Gasteiger partial charge in [-0.2, -0.15) is 0 Å². The van der Waals surface area contributed by atoms with E-state index in [1.165, 1.54) is 0 Å². The molecule has 0 radical (unpaired) electrons. The molecule has 0 aliphatic rings. The third-order valence-corrected chi connectivity index (χ3v) is 2.58. The molecule has 110 valence electrons. The summed E-state index contributed by atoms with van der Waals surface area (Å²) in [5, 5.41) is 8.44. The number of halogens is 1. The molecule has 0 saturated heterocycles. The predicted octanol–water partition coefficient (Wildman–Crippen LogP) is 1.50. The number of carbonyl (C=O) groups excluding carboxylic acids is 2. The predicted molar refractivity (Wildman–Crippen MR) is 76.8 cm³/mol. The van der Waals surface area contributed by atoms with Crippen molar-refractivity contribution in [1.82, 2.24) is 16.0 Å². The van der Waals surface area contributed by atoms with Gasteiger partial charge in [-0.15, -0.1) is 0 Å². The van der Waals surface area contributed by atoms with E-state index in [0.717, 1.165) is 0 Å². The molecule has 0 saturated carbocycles. The molecule has 1 aromatic carbocycles. The summed E-state index contributed by atoms with van der Waals surface area (Å²) in [6.07, 6.45) is 0.824. The van der Waals surface area contributed by atoms with Crippen LogP contribution < -0.4 is 20.7 Å². The van der Waals surface area contributed by atoms with Crippen LogP contribution in [-0.4, -0.2) is 31.8 Å². The highest BCUT2D eigenvalue weighted by atomic mass is 35.5. The molecule has 3 amide bonds. The van der Waals surface area contributed by atoms with Gasteiger partial charge in [0.15, 0.2) is 6.23 Å². The van der Waals surface area contributed by atoms with Crippen LogP contribution >= 0.6 is 11.6 Å². The lowest BCUT2D eigenvalue weighted by Crippen LogP contribution is -2.43. The first-order chi connectivity index (χ1) is 9.61. The smallest absolute Gasteiger partial charge is 0.317 e. The minimum atomic E-state index is -0.468. The van der Waals surface area contributed by atoms with Gasteiger partial charge in [0.1, 0.15) is 5.75 Å². The molecule has 0 fully saturated rings. The molecular weight excluding hydrogens is 282 g/mol. The Morgan fingerprint density at radius 2 is 2.05 bits per heavy atom. The zero-order valence-corrected chi connectivity index (χ0v) is 11.9. The van der Waals surface area contributed by atoms with Crippen LogP contribution in [0.4, 0.5) is 4.79 Å². The second kappa shape index (κ2) is 9.03. The van der Waals surface area contributed by atoms with Crippen LogP contribution in [0, 0.1) is 0 Å². The van der Waals surface area contributed by atoms with E-state index in [2.05, 4.69) is 16.0 Å². The lowest BCUT2D eigenvalue weighted by atomic mass is 10.3. The van der Waals surface area contributed by atoms with Gasteiger partial charge >= 0.3 is 6.03 Å². The van der Waals surface area contributed by atoms with Gasteiger partial charge in [-0.1, -0.05) is 11.6 Å². The Hall–Kier alpha value is -1.95. The van der Waals surface area contributed by atoms with Crippen LogP contribution in [0.2, 0.25) is 5.02 Å². The van der Waals surface area contributed by atoms with E-state index in [1.807, 2.05) is 0 Å². The summed E-state index contributed by atoms with van der Waals surface area (Å²) in [7, 11) is 0. The minimum Gasteiger partial charge on any atom is -0.471 e. The number of ether oxygens (including phenoxy) is 1. The molecule has 0 spiro atoms. The van der Waals surface area contributed by atoms with E-state index in [0.29, 0.717) is 36.7 Å². The number of hydrogen-bond donors (Lipinski definition) is 3. The van der Waals surface area contributed by atoms with Gasteiger partial charge in [-0.25, -0.2) is 4.79 Å². The van der Waals surface area contributed by atoms with Crippen LogP contribution in [-0.2, 0) is 4.79 Å². The summed E-state index contributed by atoms with van der Waals surface area (Å²) < 4.78 is 5.50. The molecule has 6 nitrogen and oxygen atoms in total. The number of hydrogen-bond acceptors (Lipinski definition) is 3. The van der Waals surface area contributed by atoms with Crippen LogP contribution in [0.1, 0.15) is 13.3 Å². The largest absolute Gasteiger partial charge is 0.471 e. The van der Waals surface area contributed by atoms with Crippen molar-refractivity contribution in [2.45, 2.75) is 19.6 Å². The normalized spacial score (nSPS) is 11.3. The molecule has 0 aliphatic carbocycles. The summed E-state index contributed by atoms with van der Waals surface area (Å²) in [5.74, 6) is 0.623. The standard InChI is InChI=1S/C13H18ClN3O3/c1-10(20-12-5-3-11(14)4-6-12)17-13(19)16-8-2-7-15-9-18/h3-6,9-10H,2,7-8H2,1H3,(H,15,18)(H2,16,17,19). The first kappa shape index (κ1) is 16.1. The number of nitrogens with one attached hydrogen (secondary N) is 3. The number of amides is 3. The zero-order chi connectivity index (χ0) is 14.8. The summed E-state index contributed by atoms with van der Waals surface area (Å²) in [6, 6.07) is 6.55. The number of urea groups is 1. The van der Waals surface area contributed by atoms with Crippen molar-refractivity contribution >= 4 is 24.0 Å². The van der Waals surface area contributed by atoms with E-state index in [4.69, 9.17) is 16.3 Å². The maximum atomic E-state index is 11.5. The molecular formula is C13H18ClN3O3. The highest BCUT2D eigenvalue weighted by Crippen LogP contribution is 2.16. The van der Waals surface area contributed by atoms with Crippen molar-refractivity contribution in [2.24, 2.45) is 0 Å². The van der Waals surface area contributed by atoms with E-state index in [1.54, 1.807) is 31.2 Å². The lowest BCUT2D eigenvalue weighted by Gasteiger charge is -2.16. The Bertz CT molecular complexity index is 425. The van der Waals surface area contributed by atoms with Crippen molar-refractivity contribution in [3.63, 3.8) is 0 Å². The molecule has 0 bridgehead atoms. The Labute approximate surface area is 122 Å². The molecule has 0 aliphatic heterocycles. The van der Waals surface area contributed by atoms with Gasteiger partial charge in [-0.05, 0) is 37.6 Å². The van der Waals surface area contributed by atoms with Gasteiger partial charge in [-0.3, -0.25) is 4.79 Å². The fourth-order valence-corrected chi connectivity index (χ4v) is 1.56.